The zero-order valence-electron chi connectivity index (χ0n) is 13.1. The number of rotatable bonds is 7. The van der Waals surface area contributed by atoms with Crippen LogP contribution in [0, 0.1) is 0 Å². The highest BCUT2D eigenvalue weighted by Gasteiger charge is 2.18. The van der Waals surface area contributed by atoms with Crippen molar-refractivity contribution < 1.29 is 14.3 Å². The number of carbonyl (C=O) groups excluding carboxylic acids is 2. The van der Waals surface area contributed by atoms with Crippen LogP contribution in [-0.2, 0) is 16.0 Å². The number of nitrogens with one attached hydrogen (secondary N) is 2. The molecule has 0 bridgehead atoms. The second kappa shape index (κ2) is 8.41. The van der Waals surface area contributed by atoms with Crippen LogP contribution in [0.3, 0.4) is 0 Å². The van der Waals surface area contributed by atoms with Gasteiger partial charge in [0.25, 0.3) is 0 Å². The third-order valence-electron chi connectivity index (χ3n) is 3.91. The summed E-state index contributed by atoms with van der Waals surface area (Å²) in [5.41, 5.74) is 1.09. The summed E-state index contributed by atoms with van der Waals surface area (Å²) >= 11 is 0. The van der Waals surface area contributed by atoms with Crippen molar-refractivity contribution in [2.45, 2.75) is 44.6 Å². The Hall–Kier alpha value is -2.04. The summed E-state index contributed by atoms with van der Waals surface area (Å²) in [4.78, 5) is 23.5. The summed E-state index contributed by atoms with van der Waals surface area (Å²) in [6, 6.07) is 8.00. The van der Waals surface area contributed by atoms with Crippen molar-refractivity contribution in [3.63, 3.8) is 0 Å². The van der Waals surface area contributed by atoms with Crippen molar-refractivity contribution in [3.05, 3.63) is 29.8 Å². The average Bonchev–Trinajstić information content (AvgIpc) is 3.00. The van der Waals surface area contributed by atoms with Gasteiger partial charge >= 0.3 is 0 Å². The normalized spacial score (nSPS) is 14.6. The van der Waals surface area contributed by atoms with Crippen LogP contribution >= 0.6 is 0 Å². The number of carbonyl (C=O) groups is 2. The molecule has 1 saturated carbocycles. The van der Waals surface area contributed by atoms with Gasteiger partial charge in [0.1, 0.15) is 12.2 Å². The average molecular weight is 304 g/mol. The molecule has 2 amide bonds. The lowest BCUT2D eigenvalue weighted by Crippen LogP contribution is -2.37. The molecule has 22 heavy (non-hydrogen) atoms. The van der Waals surface area contributed by atoms with E-state index in [1.165, 1.54) is 0 Å². The van der Waals surface area contributed by atoms with E-state index in [4.69, 9.17) is 4.74 Å². The fourth-order valence-electron chi connectivity index (χ4n) is 2.73. The van der Waals surface area contributed by atoms with Crippen LogP contribution in [-0.4, -0.2) is 31.5 Å². The van der Waals surface area contributed by atoms with E-state index < -0.39 is 0 Å². The van der Waals surface area contributed by atoms with Crippen molar-refractivity contribution in [3.8, 4) is 5.75 Å². The molecule has 0 atom stereocenters. The number of hydrogen-bond donors (Lipinski definition) is 2. The molecule has 0 unspecified atom stereocenters. The Morgan fingerprint density at radius 1 is 1.23 bits per heavy atom. The van der Waals surface area contributed by atoms with E-state index in [0.29, 0.717) is 13.0 Å². The Balaban J connectivity index is 1.65. The van der Waals surface area contributed by atoms with Crippen LogP contribution < -0.4 is 15.4 Å². The van der Waals surface area contributed by atoms with Crippen molar-refractivity contribution in [2.24, 2.45) is 0 Å². The molecule has 0 spiro atoms. The van der Waals surface area contributed by atoms with Crippen LogP contribution in [0.2, 0.25) is 0 Å². The van der Waals surface area contributed by atoms with Crippen molar-refractivity contribution in [2.75, 3.05) is 13.7 Å². The molecule has 0 saturated heterocycles. The van der Waals surface area contributed by atoms with Crippen LogP contribution in [0.1, 0.15) is 37.7 Å². The molecular formula is C17H24N2O3. The Bertz CT molecular complexity index is 510. The highest BCUT2D eigenvalue weighted by atomic mass is 16.5. The lowest BCUT2D eigenvalue weighted by atomic mass is 10.1. The summed E-state index contributed by atoms with van der Waals surface area (Å²) in [5, 5.41) is 5.70. The van der Waals surface area contributed by atoms with Gasteiger partial charge in [0.05, 0.1) is 7.11 Å². The topological polar surface area (TPSA) is 67.4 Å². The van der Waals surface area contributed by atoms with Gasteiger partial charge in [-0.2, -0.15) is 0 Å². The monoisotopic (exact) mass is 304 g/mol. The lowest BCUT2D eigenvalue weighted by molar-refractivity contribution is -0.129. The van der Waals surface area contributed by atoms with Crippen LogP contribution in [0.5, 0.6) is 5.75 Å². The minimum Gasteiger partial charge on any atom is -0.497 e. The van der Waals surface area contributed by atoms with E-state index in [1.807, 2.05) is 24.3 Å². The maximum Gasteiger partial charge on any atom is 0.229 e. The minimum absolute atomic E-state index is 0.0887. The zero-order chi connectivity index (χ0) is 15.8. The SMILES string of the molecule is COc1cccc(CCNC(=O)CC(=O)NC2CCCC2)c1. The van der Waals surface area contributed by atoms with E-state index in [0.717, 1.165) is 37.0 Å². The maximum absolute atomic E-state index is 11.7. The van der Waals surface area contributed by atoms with E-state index in [9.17, 15) is 9.59 Å². The molecule has 2 rings (SSSR count). The predicted octanol–water partition coefficient (Wildman–Crippen LogP) is 1.80. The second-order valence-corrected chi connectivity index (χ2v) is 5.68. The van der Waals surface area contributed by atoms with Gasteiger partial charge in [0, 0.05) is 12.6 Å². The number of methoxy groups -OCH3 is 1. The Morgan fingerprint density at radius 2 is 2.00 bits per heavy atom. The van der Waals surface area contributed by atoms with Gasteiger partial charge < -0.3 is 15.4 Å². The molecule has 1 aromatic carbocycles. The first-order chi connectivity index (χ1) is 10.7. The fraction of sp³-hybridized carbons (Fsp3) is 0.529. The summed E-state index contributed by atoms with van der Waals surface area (Å²) in [7, 11) is 1.63. The number of benzene rings is 1. The van der Waals surface area contributed by atoms with Gasteiger partial charge in [-0.3, -0.25) is 9.59 Å². The van der Waals surface area contributed by atoms with E-state index in [2.05, 4.69) is 10.6 Å². The maximum atomic E-state index is 11.7. The smallest absolute Gasteiger partial charge is 0.229 e. The summed E-state index contributed by atoms with van der Waals surface area (Å²) in [5.74, 6) is 0.406. The van der Waals surface area contributed by atoms with Crippen LogP contribution in [0.4, 0.5) is 0 Å². The van der Waals surface area contributed by atoms with Gasteiger partial charge in [0.2, 0.25) is 11.8 Å². The summed E-state index contributed by atoms with van der Waals surface area (Å²) < 4.78 is 5.16. The third-order valence-corrected chi connectivity index (χ3v) is 3.91. The molecule has 1 fully saturated rings. The molecule has 2 N–H and O–H groups in total. The molecule has 0 heterocycles. The van der Waals surface area contributed by atoms with E-state index in [-0.39, 0.29) is 24.3 Å². The lowest BCUT2D eigenvalue weighted by Gasteiger charge is -2.11. The molecule has 1 aromatic rings. The molecule has 0 aliphatic heterocycles. The molecule has 0 radical (unpaired) electrons. The molecule has 1 aliphatic carbocycles. The molecule has 1 aliphatic rings. The minimum atomic E-state index is -0.224. The fourth-order valence-corrected chi connectivity index (χ4v) is 2.73. The van der Waals surface area contributed by atoms with Crippen molar-refractivity contribution in [1.29, 1.82) is 0 Å². The first-order valence-electron chi connectivity index (χ1n) is 7.86. The molecule has 120 valence electrons. The molecular weight excluding hydrogens is 280 g/mol. The summed E-state index contributed by atoms with van der Waals surface area (Å²) in [6.07, 6.45) is 5.02. The van der Waals surface area contributed by atoms with Gasteiger partial charge in [-0.15, -0.1) is 0 Å². The molecule has 5 heteroatoms. The van der Waals surface area contributed by atoms with Gasteiger partial charge in [-0.1, -0.05) is 25.0 Å². The predicted molar refractivity (Wildman–Crippen MR) is 84.7 cm³/mol. The Kier molecular flexibility index (Phi) is 6.25. The summed E-state index contributed by atoms with van der Waals surface area (Å²) in [6.45, 7) is 0.517. The van der Waals surface area contributed by atoms with Crippen molar-refractivity contribution >= 4 is 11.8 Å². The van der Waals surface area contributed by atoms with E-state index in [1.54, 1.807) is 7.11 Å². The molecule has 5 nitrogen and oxygen atoms in total. The molecule has 0 aromatic heterocycles. The highest BCUT2D eigenvalue weighted by molar-refractivity contribution is 5.96. The standard InChI is InChI=1S/C17H24N2O3/c1-22-15-8-4-5-13(11-15)9-10-18-16(20)12-17(21)19-14-6-2-3-7-14/h4-5,8,11,14H,2-3,6-7,9-10,12H2,1H3,(H,18,20)(H,19,21). The highest BCUT2D eigenvalue weighted by Crippen LogP contribution is 2.17. The number of ether oxygens (including phenoxy) is 1. The quantitative estimate of drug-likeness (QED) is 0.755. The number of hydrogen-bond acceptors (Lipinski definition) is 3. The Labute approximate surface area is 131 Å². The van der Waals surface area contributed by atoms with Crippen molar-refractivity contribution in [1.82, 2.24) is 10.6 Å². The Morgan fingerprint density at radius 3 is 2.73 bits per heavy atom. The number of amides is 2. The van der Waals surface area contributed by atoms with Gasteiger partial charge in [0.15, 0.2) is 0 Å². The third kappa shape index (κ3) is 5.39. The van der Waals surface area contributed by atoms with Crippen LogP contribution in [0.25, 0.3) is 0 Å². The largest absolute Gasteiger partial charge is 0.497 e. The van der Waals surface area contributed by atoms with Gasteiger partial charge in [-0.25, -0.2) is 0 Å². The second-order valence-electron chi connectivity index (χ2n) is 5.68. The zero-order valence-corrected chi connectivity index (χ0v) is 13.1. The van der Waals surface area contributed by atoms with Gasteiger partial charge in [-0.05, 0) is 37.0 Å². The van der Waals surface area contributed by atoms with Crippen LogP contribution in [0.15, 0.2) is 24.3 Å². The van der Waals surface area contributed by atoms with E-state index >= 15 is 0 Å². The first kappa shape index (κ1) is 16.3. The first-order valence-corrected chi connectivity index (χ1v) is 7.86.